The number of thiophene rings is 1. The molecule has 0 bridgehead atoms. The smallest absolute Gasteiger partial charge is 0.191 e. The van der Waals surface area contributed by atoms with Crippen molar-refractivity contribution in [3.8, 4) is 0 Å². The van der Waals surface area contributed by atoms with Gasteiger partial charge in [-0.3, -0.25) is 9.89 Å². The summed E-state index contributed by atoms with van der Waals surface area (Å²) in [4.78, 5) is 6.82. The van der Waals surface area contributed by atoms with E-state index in [0.29, 0.717) is 12.0 Å². The highest BCUT2D eigenvalue weighted by Gasteiger charge is 2.16. The van der Waals surface area contributed by atoms with Crippen LogP contribution in [0.4, 0.5) is 0 Å². The van der Waals surface area contributed by atoms with Gasteiger partial charge in [-0.25, -0.2) is 0 Å². The van der Waals surface area contributed by atoms with Crippen molar-refractivity contribution < 1.29 is 4.74 Å². The molecule has 3 rings (SSSR count). The standard InChI is InChI=1S/C22H32N4OS.HI/c1-17(21-7-10-28-16-21)12-24-22(23-3)25-13-19-5-4-6-20(11-19)15-26-8-9-27-18(2)14-26;/h4-7,10-11,16-18H,8-9,12-15H2,1-3H3,(H2,23,24,25);1H. The van der Waals surface area contributed by atoms with Crippen molar-refractivity contribution in [2.45, 2.75) is 39.0 Å². The Morgan fingerprint density at radius 2 is 2.14 bits per heavy atom. The van der Waals surface area contributed by atoms with Crippen LogP contribution in [0.1, 0.15) is 36.5 Å². The van der Waals surface area contributed by atoms with Crippen LogP contribution in [0.3, 0.4) is 0 Å². The minimum Gasteiger partial charge on any atom is -0.376 e. The number of halogens is 1. The molecule has 5 nitrogen and oxygen atoms in total. The zero-order chi connectivity index (χ0) is 19.8. The lowest BCUT2D eigenvalue weighted by Crippen LogP contribution is -2.40. The van der Waals surface area contributed by atoms with E-state index < -0.39 is 0 Å². The number of hydrogen-bond acceptors (Lipinski definition) is 4. The zero-order valence-electron chi connectivity index (χ0n) is 17.6. The van der Waals surface area contributed by atoms with Crippen LogP contribution in [0.15, 0.2) is 46.1 Å². The average Bonchev–Trinajstić information content (AvgIpc) is 3.23. The molecule has 1 aromatic heterocycles. The maximum atomic E-state index is 5.64. The molecule has 2 unspecified atom stereocenters. The Labute approximate surface area is 196 Å². The summed E-state index contributed by atoms with van der Waals surface area (Å²) in [5.74, 6) is 1.30. The van der Waals surface area contributed by atoms with Gasteiger partial charge in [0.15, 0.2) is 5.96 Å². The molecule has 1 aromatic carbocycles. The van der Waals surface area contributed by atoms with Gasteiger partial charge in [-0.05, 0) is 46.4 Å². The summed E-state index contributed by atoms with van der Waals surface area (Å²) in [6, 6.07) is 11.0. The summed E-state index contributed by atoms with van der Waals surface area (Å²) in [5.41, 5.74) is 3.99. The highest BCUT2D eigenvalue weighted by Crippen LogP contribution is 2.17. The second-order valence-electron chi connectivity index (χ2n) is 7.50. The Bertz CT molecular complexity index is 753. The molecule has 2 heterocycles. The van der Waals surface area contributed by atoms with Crippen LogP contribution in [0.25, 0.3) is 0 Å². The maximum Gasteiger partial charge on any atom is 0.191 e. The number of guanidine groups is 1. The lowest BCUT2D eigenvalue weighted by Gasteiger charge is -2.31. The number of ether oxygens (including phenoxy) is 1. The molecule has 0 radical (unpaired) electrons. The molecule has 0 spiro atoms. The molecule has 0 aliphatic carbocycles. The minimum atomic E-state index is 0. The number of hydrogen-bond donors (Lipinski definition) is 2. The highest BCUT2D eigenvalue weighted by molar-refractivity contribution is 14.0. The third-order valence-corrected chi connectivity index (χ3v) is 5.80. The molecular weight excluding hydrogens is 495 g/mol. The summed E-state index contributed by atoms with van der Waals surface area (Å²) >= 11 is 1.75. The first-order valence-electron chi connectivity index (χ1n) is 10.0. The van der Waals surface area contributed by atoms with Gasteiger partial charge in [-0.2, -0.15) is 11.3 Å². The van der Waals surface area contributed by atoms with E-state index >= 15 is 0 Å². The Balaban J connectivity index is 0.00000300. The predicted molar refractivity (Wildman–Crippen MR) is 133 cm³/mol. The summed E-state index contributed by atoms with van der Waals surface area (Å²) in [6.07, 6.45) is 0.324. The van der Waals surface area contributed by atoms with Crippen molar-refractivity contribution in [3.63, 3.8) is 0 Å². The van der Waals surface area contributed by atoms with Crippen molar-refractivity contribution in [2.75, 3.05) is 33.3 Å². The number of aliphatic imine (C=N–C) groups is 1. The number of rotatable bonds is 7. The van der Waals surface area contributed by atoms with E-state index in [1.54, 1.807) is 11.3 Å². The molecule has 2 N–H and O–H groups in total. The monoisotopic (exact) mass is 528 g/mol. The van der Waals surface area contributed by atoms with Crippen LogP contribution < -0.4 is 10.6 Å². The summed E-state index contributed by atoms with van der Waals surface area (Å²) in [7, 11) is 1.82. The van der Waals surface area contributed by atoms with E-state index in [2.05, 4.69) is 75.5 Å². The highest BCUT2D eigenvalue weighted by atomic mass is 127. The molecule has 1 aliphatic rings. The minimum absolute atomic E-state index is 0. The summed E-state index contributed by atoms with van der Waals surface area (Å²) < 4.78 is 5.64. The molecule has 7 heteroatoms. The van der Waals surface area contributed by atoms with E-state index in [0.717, 1.165) is 45.3 Å². The zero-order valence-corrected chi connectivity index (χ0v) is 20.7. The maximum absolute atomic E-state index is 5.64. The summed E-state index contributed by atoms with van der Waals surface area (Å²) in [5, 5.41) is 11.2. The van der Waals surface area contributed by atoms with Crippen LogP contribution in [-0.2, 0) is 17.8 Å². The van der Waals surface area contributed by atoms with Gasteiger partial charge in [-0.15, -0.1) is 24.0 Å². The SMILES string of the molecule is CN=C(NCc1cccc(CN2CCOC(C)C2)c1)NCC(C)c1ccsc1.I. The van der Waals surface area contributed by atoms with Crippen LogP contribution in [0.2, 0.25) is 0 Å². The Morgan fingerprint density at radius 1 is 1.31 bits per heavy atom. The van der Waals surface area contributed by atoms with Crippen LogP contribution in [0.5, 0.6) is 0 Å². The van der Waals surface area contributed by atoms with E-state index in [1.165, 1.54) is 16.7 Å². The first kappa shape index (κ1) is 24.1. The van der Waals surface area contributed by atoms with Gasteiger partial charge in [0.2, 0.25) is 0 Å². The lowest BCUT2D eigenvalue weighted by molar-refractivity contribution is -0.0212. The first-order valence-corrected chi connectivity index (χ1v) is 11.0. The molecular formula is C22H33IN4OS. The fraction of sp³-hybridized carbons (Fsp3) is 0.500. The Hall–Kier alpha value is -1.16. The van der Waals surface area contributed by atoms with Gasteiger partial charge in [0.05, 0.1) is 12.7 Å². The van der Waals surface area contributed by atoms with Gasteiger partial charge < -0.3 is 15.4 Å². The third kappa shape index (κ3) is 7.88. The fourth-order valence-electron chi connectivity index (χ4n) is 3.46. The van der Waals surface area contributed by atoms with Crippen molar-refractivity contribution in [2.24, 2.45) is 4.99 Å². The van der Waals surface area contributed by atoms with E-state index in [9.17, 15) is 0 Å². The average molecular weight is 529 g/mol. The molecule has 160 valence electrons. The topological polar surface area (TPSA) is 48.9 Å². The normalized spacial score (nSPS) is 18.7. The molecule has 1 fully saturated rings. The van der Waals surface area contributed by atoms with E-state index in [1.807, 2.05) is 7.05 Å². The van der Waals surface area contributed by atoms with Crippen molar-refractivity contribution >= 4 is 41.3 Å². The molecule has 1 saturated heterocycles. The van der Waals surface area contributed by atoms with Gasteiger partial charge in [0.1, 0.15) is 0 Å². The molecule has 2 atom stereocenters. The first-order chi connectivity index (χ1) is 13.6. The Morgan fingerprint density at radius 3 is 2.86 bits per heavy atom. The van der Waals surface area contributed by atoms with Gasteiger partial charge in [0, 0.05) is 39.8 Å². The van der Waals surface area contributed by atoms with E-state index in [4.69, 9.17) is 4.74 Å². The van der Waals surface area contributed by atoms with E-state index in [-0.39, 0.29) is 24.0 Å². The predicted octanol–water partition coefficient (Wildman–Crippen LogP) is 4.06. The molecule has 0 amide bonds. The largest absolute Gasteiger partial charge is 0.376 e. The lowest BCUT2D eigenvalue weighted by atomic mass is 10.1. The van der Waals surface area contributed by atoms with Gasteiger partial charge >= 0.3 is 0 Å². The molecule has 29 heavy (non-hydrogen) atoms. The van der Waals surface area contributed by atoms with Crippen molar-refractivity contribution in [1.82, 2.24) is 15.5 Å². The number of nitrogens with one attached hydrogen (secondary N) is 2. The van der Waals surface area contributed by atoms with Crippen LogP contribution in [-0.4, -0.2) is 50.3 Å². The van der Waals surface area contributed by atoms with Crippen molar-refractivity contribution in [3.05, 3.63) is 57.8 Å². The quantitative estimate of drug-likeness (QED) is 0.324. The summed E-state index contributed by atoms with van der Waals surface area (Å²) in [6.45, 7) is 9.82. The van der Waals surface area contributed by atoms with Crippen molar-refractivity contribution in [1.29, 1.82) is 0 Å². The van der Waals surface area contributed by atoms with Crippen LogP contribution in [0, 0.1) is 0 Å². The molecule has 1 aliphatic heterocycles. The molecule has 0 saturated carbocycles. The van der Waals surface area contributed by atoms with Gasteiger partial charge in [0.25, 0.3) is 0 Å². The van der Waals surface area contributed by atoms with Crippen LogP contribution >= 0.6 is 35.3 Å². The number of nitrogens with zero attached hydrogens (tertiary/aromatic N) is 2. The fourth-order valence-corrected chi connectivity index (χ4v) is 4.24. The molecule has 2 aromatic rings. The number of morpholine rings is 1. The van der Waals surface area contributed by atoms with Gasteiger partial charge in [-0.1, -0.05) is 31.2 Å². The third-order valence-electron chi connectivity index (χ3n) is 5.09. The second-order valence-corrected chi connectivity index (χ2v) is 8.28. The number of benzene rings is 1. The Kier molecular flexibility index (Phi) is 10.4. The second kappa shape index (κ2) is 12.5.